The summed E-state index contributed by atoms with van der Waals surface area (Å²) in [6, 6.07) is 5.75. The number of amides is 1. The molecule has 2 saturated heterocycles. The highest BCUT2D eigenvalue weighted by molar-refractivity contribution is 5.98. The third-order valence-corrected chi connectivity index (χ3v) is 6.01. The Morgan fingerprint density at radius 3 is 2.78 bits per heavy atom. The third-order valence-electron chi connectivity index (χ3n) is 6.01. The second-order valence-corrected chi connectivity index (χ2v) is 8.27. The van der Waals surface area contributed by atoms with Gasteiger partial charge in [-0.3, -0.25) is 4.79 Å². The van der Waals surface area contributed by atoms with Gasteiger partial charge in [0.2, 0.25) is 5.91 Å². The fourth-order valence-corrected chi connectivity index (χ4v) is 4.16. The van der Waals surface area contributed by atoms with Crippen LogP contribution in [-0.2, 0) is 31.7 Å². The molecule has 9 nitrogen and oxygen atoms in total. The van der Waals surface area contributed by atoms with Crippen molar-refractivity contribution in [2.45, 2.75) is 25.0 Å². The molecule has 2 aliphatic rings. The average Bonchev–Trinajstić information content (AvgIpc) is 3.36. The monoisotopic (exact) mass is 438 g/mol. The van der Waals surface area contributed by atoms with Crippen LogP contribution in [-0.4, -0.2) is 60.1 Å². The normalized spacial score (nSPS) is 21.0. The second-order valence-electron chi connectivity index (χ2n) is 8.27. The standard InChI is InChI=1S/C23H26N4O5/c1-14(28)25-22-8-17-18(10-27(2)20(17)9-24-22)19-6-15(32-16-11-31-12-16)7-21(26-19)23(29-3)4-5-30-13-23/h6-10,16H,4-5,11-13H2,1-3H3,(H,24,25,28). The Hall–Kier alpha value is -3.01. The molecule has 5 heterocycles. The SMILES string of the molecule is COC1(c2cc(OC3COC3)cc(-c3cn(C)c4cnc(NC(C)=O)cc34)n2)CCOC1. The first kappa shape index (κ1) is 20.9. The van der Waals surface area contributed by atoms with E-state index in [2.05, 4.69) is 10.3 Å². The smallest absolute Gasteiger partial charge is 0.222 e. The predicted molar refractivity (Wildman–Crippen MR) is 118 cm³/mol. The number of anilines is 1. The van der Waals surface area contributed by atoms with Gasteiger partial charge in [0, 0.05) is 63.4 Å². The molecule has 0 spiro atoms. The van der Waals surface area contributed by atoms with Gasteiger partial charge in [0.15, 0.2) is 0 Å². The van der Waals surface area contributed by atoms with Crippen molar-refractivity contribution in [1.29, 1.82) is 0 Å². The highest BCUT2D eigenvalue weighted by Crippen LogP contribution is 2.38. The molecule has 0 aromatic carbocycles. The highest BCUT2D eigenvalue weighted by atomic mass is 16.6. The Bertz CT molecular complexity index is 1160. The summed E-state index contributed by atoms with van der Waals surface area (Å²) >= 11 is 0. The highest BCUT2D eigenvalue weighted by Gasteiger charge is 2.39. The Labute approximate surface area is 185 Å². The molecule has 0 bridgehead atoms. The van der Waals surface area contributed by atoms with Gasteiger partial charge >= 0.3 is 0 Å². The number of aromatic nitrogens is 3. The lowest BCUT2D eigenvalue weighted by molar-refractivity contribution is -0.114. The molecule has 1 unspecified atom stereocenters. The van der Waals surface area contributed by atoms with Crippen molar-refractivity contribution >= 4 is 22.6 Å². The van der Waals surface area contributed by atoms with Gasteiger partial charge in [0.25, 0.3) is 0 Å². The van der Waals surface area contributed by atoms with Crippen molar-refractivity contribution in [3.63, 3.8) is 0 Å². The number of hydrogen-bond donors (Lipinski definition) is 1. The second kappa shape index (κ2) is 8.16. The third kappa shape index (κ3) is 3.72. The van der Waals surface area contributed by atoms with Crippen LogP contribution in [0.1, 0.15) is 19.0 Å². The predicted octanol–water partition coefficient (Wildman–Crippen LogP) is 2.63. The minimum atomic E-state index is -0.613. The summed E-state index contributed by atoms with van der Waals surface area (Å²) in [6.45, 7) is 3.67. The van der Waals surface area contributed by atoms with E-state index in [-0.39, 0.29) is 12.0 Å². The van der Waals surface area contributed by atoms with Gasteiger partial charge in [-0.1, -0.05) is 0 Å². The van der Waals surface area contributed by atoms with Crippen molar-refractivity contribution in [2.75, 3.05) is 38.9 Å². The van der Waals surface area contributed by atoms with Crippen LogP contribution >= 0.6 is 0 Å². The molecule has 0 radical (unpaired) electrons. The maximum Gasteiger partial charge on any atom is 0.222 e. The zero-order valence-electron chi connectivity index (χ0n) is 18.4. The zero-order valence-corrected chi connectivity index (χ0v) is 18.4. The summed E-state index contributed by atoms with van der Waals surface area (Å²) in [5.41, 5.74) is 2.77. The number of methoxy groups -OCH3 is 1. The van der Waals surface area contributed by atoms with Gasteiger partial charge in [0.1, 0.15) is 23.3 Å². The fourth-order valence-electron chi connectivity index (χ4n) is 4.16. The molecule has 168 valence electrons. The summed E-state index contributed by atoms with van der Waals surface area (Å²) in [4.78, 5) is 20.9. The van der Waals surface area contributed by atoms with Crippen LogP contribution in [0.4, 0.5) is 5.82 Å². The van der Waals surface area contributed by atoms with Gasteiger partial charge in [-0.2, -0.15) is 0 Å². The first-order chi connectivity index (χ1) is 15.5. The summed E-state index contributed by atoms with van der Waals surface area (Å²) in [7, 11) is 3.65. The lowest BCUT2D eigenvalue weighted by atomic mass is 9.96. The number of aryl methyl sites for hydroxylation is 1. The molecule has 3 aromatic rings. The van der Waals surface area contributed by atoms with Crippen molar-refractivity contribution in [1.82, 2.24) is 14.5 Å². The summed E-state index contributed by atoms with van der Waals surface area (Å²) in [5.74, 6) is 1.04. The van der Waals surface area contributed by atoms with Crippen molar-refractivity contribution < 1.29 is 23.7 Å². The van der Waals surface area contributed by atoms with Crippen LogP contribution in [0.15, 0.2) is 30.6 Å². The topological polar surface area (TPSA) is 96.7 Å². The Balaban J connectivity index is 1.64. The molecule has 1 amide bonds. The van der Waals surface area contributed by atoms with Gasteiger partial charge in [0.05, 0.1) is 42.9 Å². The minimum absolute atomic E-state index is 0.0273. The molecular weight excluding hydrogens is 412 g/mol. The van der Waals surface area contributed by atoms with E-state index in [9.17, 15) is 4.79 Å². The molecule has 9 heteroatoms. The molecule has 0 saturated carbocycles. The van der Waals surface area contributed by atoms with Crippen LogP contribution in [0.2, 0.25) is 0 Å². The number of carbonyl (C=O) groups is 1. The van der Waals surface area contributed by atoms with E-state index in [0.717, 1.165) is 40.0 Å². The maximum atomic E-state index is 11.5. The zero-order chi connectivity index (χ0) is 22.3. The number of nitrogens with one attached hydrogen (secondary N) is 1. The molecule has 5 rings (SSSR count). The van der Waals surface area contributed by atoms with E-state index < -0.39 is 5.60 Å². The molecule has 0 aliphatic carbocycles. The molecule has 2 fully saturated rings. The van der Waals surface area contributed by atoms with Crippen LogP contribution < -0.4 is 10.1 Å². The van der Waals surface area contributed by atoms with Crippen LogP contribution in [0.3, 0.4) is 0 Å². The fraction of sp³-hybridized carbons (Fsp3) is 0.435. The lowest BCUT2D eigenvalue weighted by Gasteiger charge is -2.29. The number of nitrogens with zero attached hydrogens (tertiary/aromatic N) is 3. The number of hydrogen-bond acceptors (Lipinski definition) is 7. The van der Waals surface area contributed by atoms with Gasteiger partial charge in [-0.25, -0.2) is 9.97 Å². The van der Waals surface area contributed by atoms with E-state index in [0.29, 0.717) is 32.2 Å². The molecule has 1 atom stereocenters. The summed E-state index contributed by atoms with van der Waals surface area (Å²) in [6.07, 6.45) is 4.51. The Morgan fingerprint density at radius 1 is 1.28 bits per heavy atom. The van der Waals surface area contributed by atoms with Crippen molar-refractivity contribution in [3.05, 3.63) is 36.3 Å². The first-order valence-corrected chi connectivity index (χ1v) is 10.6. The first-order valence-electron chi connectivity index (χ1n) is 10.6. The minimum Gasteiger partial charge on any atom is -0.485 e. The number of rotatable bonds is 6. The lowest BCUT2D eigenvalue weighted by Crippen LogP contribution is -2.38. The van der Waals surface area contributed by atoms with Crippen molar-refractivity contribution in [3.8, 4) is 17.0 Å². The number of fused-ring (bicyclic) bond motifs is 1. The van der Waals surface area contributed by atoms with E-state index in [1.54, 1.807) is 13.3 Å². The Kier molecular flexibility index (Phi) is 5.32. The molecule has 1 N–H and O–H groups in total. The summed E-state index contributed by atoms with van der Waals surface area (Å²) < 4.78 is 25.0. The molecule has 3 aromatic heterocycles. The maximum absolute atomic E-state index is 11.5. The summed E-state index contributed by atoms with van der Waals surface area (Å²) in [5, 5.41) is 3.69. The number of carbonyl (C=O) groups excluding carboxylic acids is 1. The van der Waals surface area contributed by atoms with Crippen LogP contribution in [0, 0.1) is 0 Å². The van der Waals surface area contributed by atoms with Gasteiger partial charge < -0.3 is 28.8 Å². The quantitative estimate of drug-likeness (QED) is 0.632. The molecule has 32 heavy (non-hydrogen) atoms. The van der Waals surface area contributed by atoms with E-state index in [1.807, 2.05) is 36.0 Å². The largest absolute Gasteiger partial charge is 0.485 e. The van der Waals surface area contributed by atoms with E-state index >= 15 is 0 Å². The number of ether oxygens (including phenoxy) is 4. The van der Waals surface area contributed by atoms with Crippen LogP contribution in [0.5, 0.6) is 5.75 Å². The van der Waals surface area contributed by atoms with Crippen LogP contribution in [0.25, 0.3) is 22.2 Å². The van der Waals surface area contributed by atoms with E-state index in [1.165, 1.54) is 6.92 Å². The molecule has 2 aliphatic heterocycles. The van der Waals surface area contributed by atoms with Gasteiger partial charge in [-0.05, 0) is 6.07 Å². The van der Waals surface area contributed by atoms with Crippen molar-refractivity contribution in [2.24, 2.45) is 7.05 Å². The van der Waals surface area contributed by atoms with Gasteiger partial charge in [-0.15, -0.1) is 0 Å². The average molecular weight is 438 g/mol. The van der Waals surface area contributed by atoms with E-state index in [4.69, 9.17) is 23.9 Å². The Morgan fingerprint density at radius 2 is 2.12 bits per heavy atom. The number of pyridine rings is 2. The molecular formula is C23H26N4O5.